The van der Waals surface area contributed by atoms with Crippen molar-refractivity contribution in [1.29, 1.82) is 0 Å². The lowest BCUT2D eigenvalue weighted by Crippen LogP contribution is -2.34. The van der Waals surface area contributed by atoms with Crippen LogP contribution in [0.3, 0.4) is 0 Å². The minimum Gasteiger partial charge on any atom is -0.133 e. The Balaban J connectivity index is 4.89. The van der Waals surface area contributed by atoms with Crippen molar-refractivity contribution in [2.45, 2.75) is 0 Å². The molecule has 0 aromatic carbocycles. The smallest absolute Gasteiger partial charge is 0.133 e. The maximum atomic E-state index is 4.31. The second-order valence-electron chi connectivity index (χ2n) is 3.18. The van der Waals surface area contributed by atoms with Crippen LogP contribution in [0.25, 0.3) is 0 Å². The van der Waals surface area contributed by atoms with E-state index in [-0.39, 0.29) is 0 Å². The number of hydrogen-bond donors (Lipinski definition) is 0. The van der Waals surface area contributed by atoms with Crippen molar-refractivity contribution >= 4 is 16.9 Å². The summed E-state index contributed by atoms with van der Waals surface area (Å²) in [4.78, 5) is 0. The highest BCUT2D eigenvalue weighted by Crippen LogP contribution is 2.65. The van der Waals surface area contributed by atoms with Gasteiger partial charge in [-0.05, 0) is 0 Å². The molecule has 4 nitrogen and oxygen atoms in total. The molecule has 0 aliphatic heterocycles. The molecule has 0 N–H and O–H groups in total. The summed E-state index contributed by atoms with van der Waals surface area (Å²) < 4.78 is 10.7. The van der Waals surface area contributed by atoms with E-state index in [9.17, 15) is 0 Å². The van der Waals surface area contributed by atoms with E-state index in [0.29, 0.717) is 0 Å². The minimum atomic E-state index is -1.65. The number of rotatable bonds is 4. The standard InChI is InChI=1S/C6H19N4P2/c1-8(2)12(7-11,9(3)4)10(5)6/h11H,1-6H3/q+1. The molecule has 0 atom stereocenters. The fourth-order valence-corrected chi connectivity index (χ4v) is 5.63. The molecule has 0 fully saturated rings. The lowest BCUT2D eigenvalue weighted by Gasteiger charge is -2.34. The van der Waals surface area contributed by atoms with Crippen molar-refractivity contribution in [1.82, 2.24) is 14.0 Å². The Hall–Kier alpha value is 0.410. The molecule has 0 heterocycles. The highest BCUT2D eigenvalue weighted by Gasteiger charge is 2.47. The average molecular weight is 209 g/mol. The predicted octanol–water partition coefficient (Wildman–Crippen LogP) is 1.68. The zero-order chi connectivity index (χ0) is 9.94. The van der Waals surface area contributed by atoms with Gasteiger partial charge in [0.1, 0.15) is 0 Å². The second kappa shape index (κ2) is 4.59. The van der Waals surface area contributed by atoms with Gasteiger partial charge in [0.05, 0.1) is 0 Å². The monoisotopic (exact) mass is 209 g/mol. The van der Waals surface area contributed by atoms with Gasteiger partial charge in [0.2, 0.25) is 0 Å². The van der Waals surface area contributed by atoms with Crippen LogP contribution in [0.5, 0.6) is 0 Å². The summed E-state index contributed by atoms with van der Waals surface area (Å²) in [6.07, 6.45) is 0. The SMILES string of the molecule is CN(C)[P+](N=P)(N(C)C)N(C)C. The maximum absolute atomic E-state index is 4.31. The molecule has 0 saturated carbocycles. The third-order valence-electron chi connectivity index (χ3n) is 1.74. The summed E-state index contributed by atoms with van der Waals surface area (Å²) in [5, 5.41) is 0. The van der Waals surface area contributed by atoms with Crippen molar-refractivity contribution in [3.63, 3.8) is 0 Å². The molecule has 72 valence electrons. The van der Waals surface area contributed by atoms with Gasteiger partial charge in [-0.25, -0.2) is 0 Å². The molecular weight excluding hydrogens is 190 g/mol. The fourth-order valence-electron chi connectivity index (χ4n) is 1.34. The summed E-state index contributed by atoms with van der Waals surface area (Å²) >= 11 is 0. The molecule has 0 aromatic heterocycles. The van der Waals surface area contributed by atoms with Crippen LogP contribution in [0.2, 0.25) is 0 Å². The third kappa shape index (κ3) is 2.01. The molecular formula is C6H19N4P2+. The van der Waals surface area contributed by atoms with Crippen LogP contribution in [-0.4, -0.2) is 56.3 Å². The van der Waals surface area contributed by atoms with Gasteiger partial charge in [0.15, 0.2) is 0 Å². The molecule has 0 unspecified atom stereocenters. The first-order valence-electron chi connectivity index (χ1n) is 3.71. The van der Waals surface area contributed by atoms with E-state index in [1.165, 1.54) is 0 Å². The molecule has 0 rings (SSSR count). The molecule has 0 aliphatic carbocycles. The van der Waals surface area contributed by atoms with E-state index in [2.05, 4.69) is 27.6 Å². The Morgan fingerprint density at radius 1 is 0.833 bits per heavy atom. The second-order valence-corrected chi connectivity index (χ2v) is 7.45. The molecule has 0 saturated heterocycles. The van der Waals surface area contributed by atoms with E-state index >= 15 is 0 Å². The van der Waals surface area contributed by atoms with E-state index in [1.54, 1.807) is 0 Å². The first kappa shape index (κ1) is 12.4. The molecule has 0 radical (unpaired) electrons. The Kier molecular flexibility index (Phi) is 4.75. The van der Waals surface area contributed by atoms with E-state index in [1.807, 2.05) is 42.3 Å². The van der Waals surface area contributed by atoms with Crippen LogP contribution in [-0.2, 0) is 0 Å². The Labute approximate surface area is 78.4 Å². The van der Waals surface area contributed by atoms with E-state index in [4.69, 9.17) is 0 Å². The van der Waals surface area contributed by atoms with Crippen LogP contribution in [0.4, 0.5) is 0 Å². The molecule has 0 bridgehead atoms. The van der Waals surface area contributed by atoms with Crippen LogP contribution in [0, 0.1) is 0 Å². The van der Waals surface area contributed by atoms with Gasteiger partial charge in [0, 0.05) is 51.3 Å². The third-order valence-corrected chi connectivity index (χ3v) is 6.04. The van der Waals surface area contributed by atoms with Gasteiger partial charge in [-0.15, -0.1) is 14.0 Å². The van der Waals surface area contributed by atoms with E-state index in [0.717, 1.165) is 0 Å². The van der Waals surface area contributed by atoms with Crippen molar-refractivity contribution < 1.29 is 0 Å². The van der Waals surface area contributed by atoms with Crippen LogP contribution >= 0.6 is 16.9 Å². The van der Waals surface area contributed by atoms with E-state index < -0.39 is 7.87 Å². The van der Waals surface area contributed by atoms with Gasteiger partial charge in [-0.3, -0.25) is 0 Å². The highest BCUT2D eigenvalue weighted by molar-refractivity contribution is 7.69. The zero-order valence-electron chi connectivity index (χ0n) is 8.74. The van der Waals surface area contributed by atoms with Crippen LogP contribution < -0.4 is 0 Å². The van der Waals surface area contributed by atoms with Gasteiger partial charge >= 0.3 is 7.87 Å². The van der Waals surface area contributed by atoms with Crippen molar-refractivity contribution in [2.24, 2.45) is 4.52 Å². The molecule has 6 heteroatoms. The molecule has 0 amide bonds. The Bertz CT molecular complexity index is 136. The molecule has 0 spiro atoms. The molecule has 12 heavy (non-hydrogen) atoms. The average Bonchev–Trinajstić information content (AvgIpc) is 1.86. The lowest BCUT2D eigenvalue weighted by molar-refractivity contribution is 0.462. The van der Waals surface area contributed by atoms with Crippen LogP contribution in [0.1, 0.15) is 0 Å². The van der Waals surface area contributed by atoms with Gasteiger partial charge in [-0.2, -0.15) is 0 Å². The summed E-state index contributed by atoms with van der Waals surface area (Å²) in [6.45, 7) is 0. The Morgan fingerprint density at radius 2 is 1.08 bits per heavy atom. The quantitative estimate of drug-likeness (QED) is 0.657. The van der Waals surface area contributed by atoms with Gasteiger partial charge in [0.25, 0.3) is 0 Å². The van der Waals surface area contributed by atoms with Crippen molar-refractivity contribution in [3.05, 3.63) is 0 Å². The van der Waals surface area contributed by atoms with Gasteiger partial charge < -0.3 is 0 Å². The molecule has 0 aliphatic rings. The van der Waals surface area contributed by atoms with Crippen molar-refractivity contribution in [3.8, 4) is 0 Å². The first-order valence-corrected chi connectivity index (χ1v) is 5.75. The van der Waals surface area contributed by atoms with Gasteiger partial charge in [-0.1, -0.05) is 4.52 Å². The van der Waals surface area contributed by atoms with Crippen LogP contribution in [0.15, 0.2) is 4.52 Å². The molecule has 0 aromatic rings. The normalized spacial score (nSPS) is 13.1. The van der Waals surface area contributed by atoms with Crippen molar-refractivity contribution in [2.75, 3.05) is 42.3 Å². The lowest BCUT2D eigenvalue weighted by atomic mass is 11.2. The Morgan fingerprint density at radius 3 is 1.08 bits per heavy atom. The predicted molar refractivity (Wildman–Crippen MR) is 58.7 cm³/mol. The summed E-state index contributed by atoms with van der Waals surface area (Å²) in [5.74, 6) is 0. The number of nitrogens with zero attached hydrogens (tertiary/aromatic N) is 4. The highest BCUT2D eigenvalue weighted by atomic mass is 31.2. The first-order chi connectivity index (χ1) is 5.39. The maximum Gasteiger partial charge on any atom is 0.356 e. The zero-order valence-corrected chi connectivity index (χ0v) is 10.6. The minimum absolute atomic E-state index is 1.65. The number of hydrogen-bond acceptors (Lipinski definition) is 4. The summed E-state index contributed by atoms with van der Waals surface area (Å²) in [5.41, 5.74) is 0. The fraction of sp³-hybridized carbons (Fsp3) is 1.00. The summed E-state index contributed by atoms with van der Waals surface area (Å²) in [6, 6.07) is 0. The summed E-state index contributed by atoms with van der Waals surface area (Å²) in [7, 11) is 13.9. The largest absolute Gasteiger partial charge is 0.356 e. The topological polar surface area (TPSA) is 22.1 Å².